The number of aryl methyl sites for hydroxylation is 2. The third-order valence-electron chi connectivity index (χ3n) is 6.93. The molecule has 0 bridgehead atoms. The third-order valence-corrected chi connectivity index (χ3v) is 6.93. The predicted octanol–water partition coefficient (Wildman–Crippen LogP) is 5.67. The lowest BCUT2D eigenvalue weighted by Crippen LogP contribution is -2.19. The fourth-order valence-corrected chi connectivity index (χ4v) is 5.03. The second-order valence-electron chi connectivity index (χ2n) is 10.3. The quantitative estimate of drug-likeness (QED) is 0.300. The van der Waals surface area contributed by atoms with E-state index >= 15 is 0 Å². The summed E-state index contributed by atoms with van der Waals surface area (Å²) in [6.07, 6.45) is 4.94. The van der Waals surface area contributed by atoms with E-state index in [1.165, 1.54) is 0 Å². The van der Waals surface area contributed by atoms with Crippen molar-refractivity contribution in [3.05, 3.63) is 77.1 Å². The molecule has 11 heteroatoms. The minimum Gasteiger partial charge on any atom is -0.441 e. The molecule has 0 aliphatic carbocycles. The predicted molar refractivity (Wildman–Crippen MR) is 142 cm³/mol. The average Bonchev–Trinajstić information content (AvgIpc) is 3.47. The lowest BCUT2D eigenvalue weighted by atomic mass is 9.95. The smallest absolute Gasteiger partial charge is 0.387 e. The normalized spacial score (nSPS) is 13.7. The van der Waals surface area contributed by atoms with Gasteiger partial charge in [-0.15, -0.1) is 0 Å². The zero-order valence-corrected chi connectivity index (χ0v) is 22.4. The van der Waals surface area contributed by atoms with E-state index in [1.54, 1.807) is 52.4 Å². The summed E-state index contributed by atoms with van der Waals surface area (Å²) >= 11 is 0. The van der Waals surface area contributed by atoms with Crippen molar-refractivity contribution in [2.24, 2.45) is 0 Å². The number of halogens is 2. The number of imidazole rings is 1. The van der Waals surface area contributed by atoms with Gasteiger partial charge in [0, 0.05) is 36.0 Å². The number of benzene rings is 2. The lowest BCUT2D eigenvalue weighted by molar-refractivity contribution is -0.0511. The Kier molecular flexibility index (Phi) is 6.35. The lowest BCUT2D eigenvalue weighted by Gasteiger charge is -2.24. The minimum absolute atomic E-state index is 0.107. The summed E-state index contributed by atoms with van der Waals surface area (Å²) in [6, 6.07) is 7.53. The van der Waals surface area contributed by atoms with Gasteiger partial charge in [-0.3, -0.25) is 0 Å². The third kappa shape index (κ3) is 4.71. The Morgan fingerprint density at radius 2 is 1.77 bits per heavy atom. The maximum Gasteiger partial charge on any atom is 0.387 e. The van der Waals surface area contributed by atoms with Crippen LogP contribution in [0.4, 0.5) is 8.78 Å². The van der Waals surface area contributed by atoms with Gasteiger partial charge < -0.3 is 23.6 Å². The number of aromatic nitrogens is 5. The zero-order chi connectivity index (χ0) is 28.2. The van der Waals surface area contributed by atoms with Crippen molar-refractivity contribution in [3.8, 4) is 28.2 Å². The molecule has 0 atom stereocenters. The van der Waals surface area contributed by atoms with Gasteiger partial charge in [0.05, 0.1) is 30.4 Å². The Morgan fingerprint density at radius 3 is 2.45 bits per heavy atom. The van der Waals surface area contributed by atoms with Crippen molar-refractivity contribution in [3.63, 3.8) is 0 Å². The van der Waals surface area contributed by atoms with Crippen molar-refractivity contribution in [1.29, 1.82) is 0 Å². The maximum absolute atomic E-state index is 13.6. The number of nitrogens with zero attached hydrogens (tertiary/aromatic N) is 5. The summed E-state index contributed by atoms with van der Waals surface area (Å²) in [7, 11) is 0. The van der Waals surface area contributed by atoms with Crippen LogP contribution in [0.3, 0.4) is 0 Å². The molecule has 206 valence electrons. The first-order valence-corrected chi connectivity index (χ1v) is 12.7. The molecule has 0 amide bonds. The molecule has 0 unspecified atom stereocenters. The molecule has 1 aliphatic rings. The first kappa shape index (κ1) is 26.0. The van der Waals surface area contributed by atoms with Gasteiger partial charge in [0.1, 0.15) is 23.8 Å². The van der Waals surface area contributed by atoms with Gasteiger partial charge in [-0.2, -0.15) is 8.78 Å². The van der Waals surface area contributed by atoms with Crippen molar-refractivity contribution in [2.75, 3.05) is 0 Å². The van der Waals surface area contributed by atoms with E-state index < -0.39 is 12.2 Å². The molecule has 40 heavy (non-hydrogen) atoms. The molecule has 3 aromatic heterocycles. The van der Waals surface area contributed by atoms with Crippen LogP contribution in [0, 0.1) is 13.8 Å². The second kappa shape index (κ2) is 9.76. The topological polar surface area (TPSA) is 108 Å². The highest BCUT2D eigenvalue weighted by atomic mass is 19.3. The van der Waals surface area contributed by atoms with Gasteiger partial charge in [-0.1, -0.05) is 6.07 Å². The number of oxazole rings is 1. The van der Waals surface area contributed by atoms with Crippen LogP contribution in [0.15, 0.2) is 47.3 Å². The Labute approximate surface area is 228 Å². The van der Waals surface area contributed by atoms with Gasteiger partial charge in [-0.25, -0.2) is 19.9 Å². The van der Waals surface area contributed by atoms with Gasteiger partial charge in [0.25, 0.3) is 0 Å². The molecule has 5 aromatic rings. The van der Waals surface area contributed by atoms with Crippen LogP contribution in [-0.4, -0.2) is 36.2 Å². The van der Waals surface area contributed by atoms with E-state index in [9.17, 15) is 13.9 Å². The number of hydrogen-bond donors (Lipinski definition) is 1. The molecule has 0 fully saturated rings. The molecule has 6 rings (SSSR count). The fourth-order valence-electron chi connectivity index (χ4n) is 5.03. The summed E-state index contributed by atoms with van der Waals surface area (Å²) < 4.78 is 46.0. The van der Waals surface area contributed by atoms with E-state index in [2.05, 4.69) is 15.0 Å². The van der Waals surface area contributed by atoms with Crippen LogP contribution < -0.4 is 4.74 Å². The molecule has 0 saturated carbocycles. The fraction of sp³-hybridized carbons (Fsp3) is 0.310. The van der Waals surface area contributed by atoms with Crippen molar-refractivity contribution < 1.29 is 27.8 Å². The highest BCUT2D eigenvalue weighted by molar-refractivity contribution is 5.83. The van der Waals surface area contributed by atoms with Crippen molar-refractivity contribution in [2.45, 2.75) is 59.7 Å². The van der Waals surface area contributed by atoms with Crippen LogP contribution in [-0.2, 0) is 30.1 Å². The van der Waals surface area contributed by atoms with E-state index in [1.807, 2.05) is 22.8 Å². The summed E-state index contributed by atoms with van der Waals surface area (Å²) in [5.41, 5.74) is 4.47. The number of hydrogen-bond acceptors (Lipinski definition) is 8. The van der Waals surface area contributed by atoms with E-state index in [0.717, 1.165) is 22.2 Å². The molecule has 9 nitrogen and oxygen atoms in total. The van der Waals surface area contributed by atoms with E-state index in [-0.39, 0.29) is 25.5 Å². The minimum atomic E-state index is -3.00. The highest BCUT2D eigenvalue weighted by Gasteiger charge is 2.26. The number of alkyl halides is 2. The van der Waals surface area contributed by atoms with E-state index in [4.69, 9.17) is 18.9 Å². The molecule has 2 aromatic carbocycles. The number of rotatable bonds is 5. The molecular weight excluding hydrogens is 520 g/mol. The van der Waals surface area contributed by atoms with E-state index in [0.29, 0.717) is 45.6 Å². The van der Waals surface area contributed by atoms with Crippen LogP contribution >= 0.6 is 0 Å². The Bertz CT molecular complexity index is 1720. The largest absolute Gasteiger partial charge is 0.441 e. The number of aliphatic hydroxyl groups is 1. The molecule has 1 aliphatic heterocycles. The summed E-state index contributed by atoms with van der Waals surface area (Å²) in [4.78, 5) is 17.6. The molecule has 0 saturated heterocycles. The second-order valence-corrected chi connectivity index (χ2v) is 10.3. The van der Waals surface area contributed by atoms with Gasteiger partial charge in [0.15, 0.2) is 17.5 Å². The Balaban J connectivity index is 1.50. The zero-order valence-electron chi connectivity index (χ0n) is 22.4. The van der Waals surface area contributed by atoms with Crippen LogP contribution in [0.2, 0.25) is 0 Å². The molecule has 1 N–H and O–H groups in total. The molecular formula is C29H27F2N5O4. The Hall–Kier alpha value is -4.22. The summed E-state index contributed by atoms with van der Waals surface area (Å²) in [5.74, 6) is 2.11. The number of fused-ring (bicyclic) bond motifs is 4. The highest BCUT2D eigenvalue weighted by Crippen LogP contribution is 2.39. The van der Waals surface area contributed by atoms with Gasteiger partial charge >= 0.3 is 6.61 Å². The van der Waals surface area contributed by atoms with Gasteiger partial charge in [0.2, 0.25) is 0 Å². The van der Waals surface area contributed by atoms with Gasteiger partial charge in [-0.05, 0) is 55.7 Å². The van der Waals surface area contributed by atoms with Crippen LogP contribution in [0.1, 0.15) is 48.1 Å². The SMILES string of the molecule is Cc1ncc(-c2cc(C)c(OC(F)F)c3c2COCc2nc4ccc(-c5cnc(C(C)(C)O)nc5)cc4n2C3)o1. The molecule has 4 heterocycles. The summed E-state index contributed by atoms with van der Waals surface area (Å²) in [5, 5.41) is 10.2. The Morgan fingerprint density at radius 1 is 1.00 bits per heavy atom. The van der Waals surface area contributed by atoms with Crippen molar-refractivity contribution in [1.82, 2.24) is 24.5 Å². The van der Waals surface area contributed by atoms with Crippen LogP contribution in [0.25, 0.3) is 33.5 Å². The van der Waals surface area contributed by atoms with Crippen LogP contribution in [0.5, 0.6) is 5.75 Å². The first-order valence-electron chi connectivity index (χ1n) is 12.7. The van der Waals surface area contributed by atoms with Crippen molar-refractivity contribution >= 4 is 11.0 Å². The average molecular weight is 548 g/mol. The summed E-state index contributed by atoms with van der Waals surface area (Å²) in [6.45, 7) is 4.34. The first-order chi connectivity index (χ1) is 19.1. The standard InChI is InChI=1S/C29H27F2N5O4/c1-15-7-19(24-11-32-16(2)39-24)21-13-38-14-25-35-22-6-5-17(18-9-33-27(34-10-18)29(3,4)37)8-23(22)36(25)12-20(21)26(15)40-28(30)31/h5-11,28,37H,12-14H2,1-4H3. The molecule has 0 radical (unpaired) electrons. The molecule has 0 spiro atoms. The monoisotopic (exact) mass is 547 g/mol. The maximum atomic E-state index is 13.6. The number of ether oxygens (including phenoxy) is 2.